The fourth-order valence-electron chi connectivity index (χ4n) is 0.868. The van der Waals surface area contributed by atoms with Gasteiger partial charge in [-0.25, -0.2) is 4.79 Å². The van der Waals surface area contributed by atoms with Crippen molar-refractivity contribution in [3.8, 4) is 0 Å². The van der Waals surface area contributed by atoms with Crippen LogP contribution in [0.5, 0.6) is 0 Å². The van der Waals surface area contributed by atoms with Crippen molar-refractivity contribution in [3.05, 3.63) is 33.4 Å². The van der Waals surface area contributed by atoms with E-state index in [2.05, 4.69) is 22.6 Å². The highest BCUT2D eigenvalue weighted by atomic mass is 127. The molecule has 0 bridgehead atoms. The Bertz CT molecular complexity index is 290. The van der Waals surface area contributed by atoms with E-state index in [-0.39, 0.29) is 12.1 Å². The molecule has 0 fully saturated rings. The van der Waals surface area contributed by atoms with Crippen LogP contribution in [0.15, 0.2) is 24.3 Å². The van der Waals surface area contributed by atoms with Gasteiger partial charge in [0.15, 0.2) is 0 Å². The SMILES string of the molecule is CC(C)OC(=O)c1ccc(I)cc1. The third kappa shape index (κ3) is 3.34. The molecule has 1 aromatic rings. The Kier molecular flexibility index (Phi) is 3.71. The topological polar surface area (TPSA) is 26.3 Å². The molecule has 0 saturated heterocycles. The second-order valence-electron chi connectivity index (χ2n) is 2.96. The number of carbonyl (C=O) groups is 1. The molecular formula is C10H11IO2. The van der Waals surface area contributed by atoms with Crippen LogP contribution in [-0.4, -0.2) is 12.1 Å². The molecule has 0 N–H and O–H groups in total. The Morgan fingerprint density at radius 1 is 1.31 bits per heavy atom. The van der Waals surface area contributed by atoms with E-state index in [1.807, 2.05) is 26.0 Å². The first-order valence-corrected chi connectivity index (χ1v) is 5.14. The van der Waals surface area contributed by atoms with E-state index in [0.717, 1.165) is 3.57 Å². The molecule has 0 spiro atoms. The second-order valence-corrected chi connectivity index (χ2v) is 4.21. The van der Waals surface area contributed by atoms with Crippen molar-refractivity contribution in [2.75, 3.05) is 0 Å². The van der Waals surface area contributed by atoms with E-state index in [1.165, 1.54) is 0 Å². The summed E-state index contributed by atoms with van der Waals surface area (Å²) in [7, 11) is 0. The summed E-state index contributed by atoms with van der Waals surface area (Å²) in [5.41, 5.74) is 0.606. The van der Waals surface area contributed by atoms with Crippen molar-refractivity contribution < 1.29 is 9.53 Å². The Labute approximate surface area is 91.4 Å². The van der Waals surface area contributed by atoms with Crippen LogP contribution in [0.3, 0.4) is 0 Å². The van der Waals surface area contributed by atoms with Crippen LogP contribution in [0.25, 0.3) is 0 Å². The predicted octanol–water partition coefficient (Wildman–Crippen LogP) is 2.86. The number of benzene rings is 1. The van der Waals surface area contributed by atoms with Gasteiger partial charge >= 0.3 is 5.97 Å². The normalized spacial score (nSPS) is 10.2. The summed E-state index contributed by atoms with van der Waals surface area (Å²) in [5, 5.41) is 0. The molecule has 0 aliphatic heterocycles. The smallest absolute Gasteiger partial charge is 0.338 e. The molecule has 0 atom stereocenters. The van der Waals surface area contributed by atoms with E-state index in [4.69, 9.17) is 4.74 Å². The largest absolute Gasteiger partial charge is 0.459 e. The van der Waals surface area contributed by atoms with Crippen molar-refractivity contribution in [2.45, 2.75) is 20.0 Å². The van der Waals surface area contributed by atoms with E-state index in [0.29, 0.717) is 5.56 Å². The highest BCUT2D eigenvalue weighted by Crippen LogP contribution is 2.08. The molecule has 70 valence electrons. The lowest BCUT2D eigenvalue weighted by Gasteiger charge is -2.07. The zero-order valence-corrected chi connectivity index (χ0v) is 9.74. The van der Waals surface area contributed by atoms with Gasteiger partial charge in [0.05, 0.1) is 11.7 Å². The Morgan fingerprint density at radius 2 is 1.85 bits per heavy atom. The molecule has 0 unspecified atom stereocenters. The maximum atomic E-state index is 11.3. The third-order valence-electron chi connectivity index (χ3n) is 1.42. The van der Waals surface area contributed by atoms with Crippen LogP contribution in [0.4, 0.5) is 0 Å². The molecule has 0 aliphatic rings. The van der Waals surface area contributed by atoms with Gasteiger partial charge in [-0.2, -0.15) is 0 Å². The zero-order valence-electron chi connectivity index (χ0n) is 7.58. The van der Waals surface area contributed by atoms with Gasteiger partial charge in [-0.1, -0.05) is 0 Å². The Hall–Kier alpha value is -0.580. The van der Waals surface area contributed by atoms with Crippen molar-refractivity contribution in [2.24, 2.45) is 0 Å². The molecule has 0 aliphatic carbocycles. The fourth-order valence-corrected chi connectivity index (χ4v) is 1.23. The zero-order chi connectivity index (χ0) is 9.84. The average Bonchev–Trinajstić information content (AvgIpc) is 2.04. The summed E-state index contributed by atoms with van der Waals surface area (Å²) in [6.07, 6.45) is -0.0632. The van der Waals surface area contributed by atoms with Crippen molar-refractivity contribution >= 4 is 28.6 Å². The number of rotatable bonds is 2. The predicted molar refractivity (Wildman–Crippen MR) is 59.7 cm³/mol. The van der Waals surface area contributed by atoms with Gasteiger partial charge in [0, 0.05) is 3.57 Å². The summed E-state index contributed by atoms with van der Waals surface area (Å²) in [4.78, 5) is 11.3. The molecule has 0 radical (unpaired) electrons. The molecule has 0 aromatic heterocycles. The average molecular weight is 290 g/mol. The minimum absolute atomic E-state index is 0.0632. The maximum absolute atomic E-state index is 11.3. The lowest BCUT2D eigenvalue weighted by Crippen LogP contribution is -2.11. The van der Waals surface area contributed by atoms with Crippen molar-refractivity contribution in [3.63, 3.8) is 0 Å². The van der Waals surface area contributed by atoms with Gasteiger partial charge in [0.1, 0.15) is 0 Å². The van der Waals surface area contributed by atoms with Crippen LogP contribution in [0.2, 0.25) is 0 Å². The van der Waals surface area contributed by atoms with E-state index in [1.54, 1.807) is 12.1 Å². The van der Waals surface area contributed by atoms with Gasteiger partial charge in [-0.05, 0) is 60.7 Å². The number of esters is 1. The maximum Gasteiger partial charge on any atom is 0.338 e. The molecule has 1 aromatic carbocycles. The summed E-state index contributed by atoms with van der Waals surface area (Å²) in [6.45, 7) is 3.68. The standard InChI is InChI=1S/C10H11IO2/c1-7(2)13-10(12)8-3-5-9(11)6-4-8/h3-7H,1-2H3. The van der Waals surface area contributed by atoms with Crippen LogP contribution in [0, 0.1) is 3.57 Å². The molecule has 1 rings (SSSR count). The van der Waals surface area contributed by atoms with Crippen molar-refractivity contribution in [1.29, 1.82) is 0 Å². The summed E-state index contributed by atoms with van der Waals surface area (Å²) in [5.74, 6) is -0.258. The lowest BCUT2D eigenvalue weighted by molar-refractivity contribution is 0.0378. The molecule has 0 heterocycles. The summed E-state index contributed by atoms with van der Waals surface area (Å²) < 4.78 is 6.14. The van der Waals surface area contributed by atoms with Crippen LogP contribution in [0.1, 0.15) is 24.2 Å². The highest BCUT2D eigenvalue weighted by molar-refractivity contribution is 14.1. The van der Waals surface area contributed by atoms with E-state index < -0.39 is 0 Å². The van der Waals surface area contributed by atoms with Crippen molar-refractivity contribution in [1.82, 2.24) is 0 Å². The number of carbonyl (C=O) groups excluding carboxylic acids is 1. The van der Waals surface area contributed by atoms with Crippen LogP contribution >= 0.6 is 22.6 Å². The first kappa shape index (κ1) is 10.5. The summed E-state index contributed by atoms with van der Waals surface area (Å²) in [6, 6.07) is 7.31. The number of halogens is 1. The second kappa shape index (κ2) is 4.60. The molecular weight excluding hydrogens is 279 g/mol. The van der Waals surface area contributed by atoms with Gasteiger partial charge in [-0.15, -0.1) is 0 Å². The highest BCUT2D eigenvalue weighted by Gasteiger charge is 2.07. The molecule has 2 nitrogen and oxygen atoms in total. The number of ether oxygens (including phenoxy) is 1. The van der Waals surface area contributed by atoms with Gasteiger partial charge in [0.25, 0.3) is 0 Å². The van der Waals surface area contributed by atoms with Crippen LogP contribution < -0.4 is 0 Å². The van der Waals surface area contributed by atoms with E-state index in [9.17, 15) is 4.79 Å². The Balaban J connectivity index is 2.72. The quantitative estimate of drug-likeness (QED) is 0.618. The fraction of sp³-hybridized carbons (Fsp3) is 0.300. The summed E-state index contributed by atoms with van der Waals surface area (Å²) >= 11 is 2.19. The first-order valence-electron chi connectivity index (χ1n) is 4.06. The van der Waals surface area contributed by atoms with E-state index >= 15 is 0 Å². The molecule has 0 amide bonds. The molecule has 0 saturated carbocycles. The first-order chi connectivity index (χ1) is 6.09. The minimum Gasteiger partial charge on any atom is -0.459 e. The Morgan fingerprint density at radius 3 is 2.31 bits per heavy atom. The molecule has 13 heavy (non-hydrogen) atoms. The monoisotopic (exact) mass is 290 g/mol. The number of hydrogen-bond donors (Lipinski definition) is 0. The van der Waals surface area contributed by atoms with Gasteiger partial charge in [-0.3, -0.25) is 0 Å². The minimum atomic E-state index is -0.258. The number of hydrogen-bond acceptors (Lipinski definition) is 2. The van der Waals surface area contributed by atoms with Gasteiger partial charge < -0.3 is 4.74 Å². The lowest BCUT2D eigenvalue weighted by atomic mass is 10.2. The third-order valence-corrected chi connectivity index (χ3v) is 2.14. The van der Waals surface area contributed by atoms with Gasteiger partial charge in [0.2, 0.25) is 0 Å². The van der Waals surface area contributed by atoms with Crippen LogP contribution in [-0.2, 0) is 4.74 Å². The molecule has 3 heteroatoms.